The van der Waals surface area contributed by atoms with Gasteiger partial charge in [0.2, 0.25) is 5.91 Å². The Bertz CT molecular complexity index is 438. The lowest BCUT2D eigenvalue weighted by molar-refractivity contribution is -0.121. The van der Waals surface area contributed by atoms with Crippen molar-refractivity contribution in [3.8, 4) is 0 Å². The van der Waals surface area contributed by atoms with Gasteiger partial charge in [-0.05, 0) is 37.8 Å². The minimum atomic E-state index is 0.133. The van der Waals surface area contributed by atoms with E-state index in [1.807, 2.05) is 24.4 Å². The number of aromatic nitrogens is 1. The molecule has 5 nitrogen and oxygen atoms in total. The quantitative estimate of drug-likeness (QED) is 0.838. The summed E-state index contributed by atoms with van der Waals surface area (Å²) in [6, 6.07) is 6.89. The van der Waals surface area contributed by atoms with Crippen molar-refractivity contribution in [1.29, 1.82) is 0 Å². The molecule has 20 heavy (non-hydrogen) atoms. The molecule has 1 saturated heterocycles. The summed E-state index contributed by atoms with van der Waals surface area (Å²) in [7, 11) is 0. The molecule has 1 aromatic rings. The zero-order chi connectivity index (χ0) is 13.8. The SMILES string of the molecule is O=C(CNC1CC1)NC1CCN(c2ccccn2)CC1. The topological polar surface area (TPSA) is 57.3 Å². The summed E-state index contributed by atoms with van der Waals surface area (Å²) in [6.45, 7) is 2.38. The van der Waals surface area contributed by atoms with Gasteiger partial charge in [0.1, 0.15) is 5.82 Å². The highest BCUT2D eigenvalue weighted by molar-refractivity contribution is 5.78. The molecule has 1 aliphatic carbocycles. The molecular weight excluding hydrogens is 252 g/mol. The highest BCUT2D eigenvalue weighted by Gasteiger charge is 2.23. The van der Waals surface area contributed by atoms with Crippen LogP contribution in [0.5, 0.6) is 0 Å². The molecule has 2 N–H and O–H groups in total. The van der Waals surface area contributed by atoms with Crippen LogP contribution in [-0.2, 0) is 4.79 Å². The van der Waals surface area contributed by atoms with Gasteiger partial charge < -0.3 is 15.5 Å². The van der Waals surface area contributed by atoms with Gasteiger partial charge in [-0.3, -0.25) is 4.79 Å². The monoisotopic (exact) mass is 274 g/mol. The van der Waals surface area contributed by atoms with Crippen molar-refractivity contribution in [3.63, 3.8) is 0 Å². The fourth-order valence-electron chi connectivity index (χ4n) is 2.60. The van der Waals surface area contributed by atoms with Gasteiger partial charge in [0.15, 0.2) is 0 Å². The van der Waals surface area contributed by atoms with Crippen LogP contribution >= 0.6 is 0 Å². The van der Waals surface area contributed by atoms with Gasteiger partial charge in [-0.2, -0.15) is 0 Å². The van der Waals surface area contributed by atoms with Crippen molar-refractivity contribution in [2.24, 2.45) is 0 Å². The third kappa shape index (κ3) is 3.70. The molecule has 108 valence electrons. The third-order valence-corrected chi connectivity index (χ3v) is 3.96. The molecule has 0 spiro atoms. The summed E-state index contributed by atoms with van der Waals surface area (Å²) >= 11 is 0. The summed E-state index contributed by atoms with van der Waals surface area (Å²) in [5.74, 6) is 1.17. The van der Waals surface area contributed by atoms with Gasteiger partial charge in [0.05, 0.1) is 6.54 Å². The van der Waals surface area contributed by atoms with Crippen LogP contribution in [0, 0.1) is 0 Å². The molecule has 0 bridgehead atoms. The lowest BCUT2D eigenvalue weighted by atomic mass is 10.0. The summed E-state index contributed by atoms with van der Waals surface area (Å²) in [5, 5.41) is 6.37. The maximum absolute atomic E-state index is 11.8. The van der Waals surface area contributed by atoms with Gasteiger partial charge in [-0.1, -0.05) is 6.07 Å². The summed E-state index contributed by atoms with van der Waals surface area (Å²) in [4.78, 5) is 18.5. The second kappa shape index (κ2) is 6.22. The molecule has 1 amide bonds. The summed E-state index contributed by atoms with van der Waals surface area (Å²) < 4.78 is 0. The Balaban J connectivity index is 1.40. The largest absolute Gasteiger partial charge is 0.356 e. The van der Waals surface area contributed by atoms with E-state index in [4.69, 9.17) is 0 Å². The van der Waals surface area contributed by atoms with Gasteiger partial charge in [0, 0.05) is 31.4 Å². The van der Waals surface area contributed by atoms with E-state index < -0.39 is 0 Å². The van der Waals surface area contributed by atoms with E-state index in [2.05, 4.69) is 20.5 Å². The van der Waals surface area contributed by atoms with E-state index >= 15 is 0 Å². The Morgan fingerprint density at radius 3 is 2.65 bits per heavy atom. The predicted octanol–water partition coefficient (Wildman–Crippen LogP) is 0.919. The zero-order valence-corrected chi connectivity index (χ0v) is 11.7. The van der Waals surface area contributed by atoms with Crippen LogP contribution in [0.25, 0.3) is 0 Å². The second-order valence-corrected chi connectivity index (χ2v) is 5.67. The lowest BCUT2D eigenvalue weighted by Gasteiger charge is -2.33. The van der Waals surface area contributed by atoms with E-state index in [0.717, 1.165) is 31.7 Å². The number of nitrogens with one attached hydrogen (secondary N) is 2. The number of rotatable bonds is 5. The number of anilines is 1. The zero-order valence-electron chi connectivity index (χ0n) is 11.7. The van der Waals surface area contributed by atoms with Crippen LogP contribution < -0.4 is 15.5 Å². The lowest BCUT2D eigenvalue weighted by Crippen LogP contribution is -2.47. The van der Waals surface area contributed by atoms with Crippen LogP contribution in [-0.4, -0.2) is 42.6 Å². The van der Waals surface area contributed by atoms with Crippen molar-refractivity contribution < 1.29 is 4.79 Å². The number of piperidine rings is 1. The average Bonchev–Trinajstić information content (AvgIpc) is 3.31. The molecule has 0 atom stereocenters. The minimum Gasteiger partial charge on any atom is -0.356 e. The Labute approximate surface area is 119 Å². The van der Waals surface area contributed by atoms with E-state index in [1.165, 1.54) is 12.8 Å². The van der Waals surface area contributed by atoms with Crippen molar-refractivity contribution >= 4 is 11.7 Å². The maximum atomic E-state index is 11.8. The molecule has 1 aromatic heterocycles. The van der Waals surface area contributed by atoms with E-state index in [0.29, 0.717) is 18.6 Å². The summed E-state index contributed by atoms with van der Waals surface area (Å²) in [6.07, 6.45) is 6.25. The highest BCUT2D eigenvalue weighted by atomic mass is 16.2. The number of pyridine rings is 1. The Morgan fingerprint density at radius 2 is 2.00 bits per heavy atom. The molecule has 2 aliphatic rings. The minimum absolute atomic E-state index is 0.133. The van der Waals surface area contributed by atoms with Crippen LogP contribution in [0.15, 0.2) is 24.4 Å². The average molecular weight is 274 g/mol. The van der Waals surface area contributed by atoms with Crippen LogP contribution in [0.3, 0.4) is 0 Å². The number of amides is 1. The first-order chi connectivity index (χ1) is 9.81. The molecule has 3 rings (SSSR count). The standard InChI is InChI=1S/C15H22N4O/c20-15(11-17-12-4-5-12)18-13-6-9-19(10-7-13)14-3-1-2-8-16-14/h1-3,8,12-13,17H,4-7,9-11H2,(H,18,20). The summed E-state index contributed by atoms with van der Waals surface area (Å²) in [5.41, 5.74) is 0. The first-order valence-electron chi connectivity index (χ1n) is 7.50. The van der Waals surface area contributed by atoms with Crippen LogP contribution in [0.4, 0.5) is 5.82 Å². The molecule has 2 heterocycles. The van der Waals surface area contributed by atoms with Crippen molar-refractivity contribution in [2.75, 3.05) is 24.5 Å². The van der Waals surface area contributed by atoms with Crippen LogP contribution in [0.1, 0.15) is 25.7 Å². The molecule has 0 radical (unpaired) electrons. The predicted molar refractivity (Wildman–Crippen MR) is 78.6 cm³/mol. The van der Waals surface area contributed by atoms with Gasteiger partial charge >= 0.3 is 0 Å². The van der Waals surface area contributed by atoms with E-state index in [1.54, 1.807) is 0 Å². The molecule has 1 saturated carbocycles. The Morgan fingerprint density at radius 1 is 1.20 bits per heavy atom. The number of carbonyl (C=O) groups excluding carboxylic acids is 1. The first-order valence-corrected chi connectivity index (χ1v) is 7.50. The van der Waals surface area contributed by atoms with Crippen molar-refractivity contribution in [2.45, 2.75) is 37.8 Å². The van der Waals surface area contributed by atoms with Crippen LogP contribution in [0.2, 0.25) is 0 Å². The fraction of sp³-hybridized carbons (Fsp3) is 0.600. The number of carbonyl (C=O) groups is 1. The van der Waals surface area contributed by atoms with E-state index in [-0.39, 0.29) is 5.91 Å². The Hall–Kier alpha value is -1.62. The molecular formula is C15H22N4O. The normalized spacial score (nSPS) is 19.9. The maximum Gasteiger partial charge on any atom is 0.234 e. The number of hydrogen-bond acceptors (Lipinski definition) is 4. The third-order valence-electron chi connectivity index (χ3n) is 3.96. The molecule has 2 fully saturated rings. The first kappa shape index (κ1) is 13.4. The molecule has 5 heteroatoms. The molecule has 0 unspecified atom stereocenters. The van der Waals surface area contributed by atoms with E-state index in [9.17, 15) is 4.79 Å². The highest BCUT2D eigenvalue weighted by Crippen LogP contribution is 2.18. The van der Waals surface area contributed by atoms with Crippen molar-refractivity contribution in [3.05, 3.63) is 24.4 Å². The number of hydrogen-bond donors (Lipinski definition) is 2. The fourth-order valence-corrected chi connectivity index (χ4v) is 2.60. The van der Waals surface area contributed by atoms with Gasteiger partial charge in [-0.25, -0.2) is 4.98 Å². The van der Waals surface area contributed by atoms with Crippen molar-refractivity contribution in [1.82, 2.24) is 15.6 Å². The second-order valence-electron chi connectivity index (χ2n) is 5.67. The smallest absolute Gasteiger partial charge is 0.234 e. The Kier molecular flexibility index (Phi) is 4.16. The molecule has 0 aromatic carbocycles. The van der Waals surface area contributed by atoms with Gasteiger partial charge in [-0.15, -0.1) is 0 Å². The molecule has 1 aliphatic heterocycles. The number of nitrogens with zero attached hydrogens (tertiary/aromatic N) is 2. The van der Waals surface area contributed by atoms with Gasteiger partial charge in [0.25, 0.3) is 0 Å².